The van der Waals surface area contributed by atoms with Gasteiger partial charge in [-0.25, -0.2) is 8.78 Å². The Labute approximate surface area is 113 Å². The van der Waals surface area contributed by atoms with Crippen LogP contribution in [0.5, 0.6) is 0 Å². The van der Waals surface area contributed by atoms with Crippen LogP contribution < -0.4 is 10.6 Å². The molecule has 0 amide bonds. The van der Waals surface area contributed by atoms with Crippen molar-refractivity contribution in [3.8, 4) is 0 Å². The van der Waals surface area contributed by atoms with Crippen LogP contribution in [0.3, 0.4) is 0 Å². The van der Waals surface area contributed by atoms with Gasteiger partial charge in [-0.3, -0.25) is 0 Å². The first-order valence-electron chi connectivity index (χ1n) is 7.12. The summed E-state index contributed by atoms with van der Waals surface area (Å²) in [5.41, 5.74) is 6.21. The molecule has 0 unspecified atom stereocenters. The molecule has 0 atom stereocenters. The van der Waals surface area contributed by atoms with Crippen LogP contribution in [0.2, 0.25) is 0 Å². The fourth-order valence-electron chi connectivity index (χ4n) is 2.40. The van der Waals surface area contributed by atoms with Gasteiger partial charge in [0.25, 0.3) is 0 Å². The molecule has 1 aromatic rings. The van der Waals surface area contributed by atoms with Crippen molar-refractivity contribution < 1.29 is 8.78 Å². The van der Waals surface area contributed by atoms with E-state index in [1.54, 1.807) is 0 Å². The Balaban J connectivity index is 2.25. The largest absolute Gasteiger partial charge is 0.364 e. The van der Waals surface area contributed by atoms with Crippen molar-refractivity contribution >= 4 is 5.69 Å². The first-order valence-corrected chi connectivity index (χ1v) is 7.12. The van der Waals surface area contributed by atoms with Crippen molar-refractivity contribution in [2.24, 2.45) is 5.73 Å². The Morgan fingerprint density at radius 1 is 1.26 bits per heavy atom. The molecule has 0 spiro atoms. The highest BCUT2D eigenvalue weighted by atomic mass is 19.1. The van der Waals surface area contributed by atoms with Crippen molar-refractivity contribution in [3.63, 3.8) is 0 Å². The molecule has 4 heteroatoms. The average Bonchev–Trinajstić information content (AvgIpc) is 3.17. The number of hydrogen-bond acceptors (Lipinski definition) is 2. The maximum Gasteiger partial charge on any atom is 0.149 e. The van der Waals surface area contributed by atoms with Crippen LogP contribution in [-0.2, 0) is 6.42 Å². The minimum absolute atomic E-state index is 0.150. The van der Waals surface area contributed by atoms with E-state index in [1.807, 2.05) is 4.90 Å². The topological polar surface area (TPSA) is 29.3 Å². The van der Waals surface area contributed by atoms with E-state index in [4.69, 9.17) is 5.73 Å². The number of benzene rings is 1. The molecule has 0 aromatic heterocycles. The number of hydrogen-bond donors (Lipinski definition) is 1. The Kier molecular flexibility index (Phi) is 4.75. The van der Waals surface area contributed by atoms with Crippen LogP contribution in [-0.4, -0.2) is 19.1 Å². The third kappa shape index (κ3) is 3.44. The number of nitrogens with zero attached hydrogens (tertiary/aromatic N) is 1. The zero-order valence-electron chi connectivity index (χ0n) is 11.5. The third-order valence-electron chi connectivity index (χ3n) is 3.54. The van der Waals surface area contributed by atoms with E-state index >= 15 is 0 Å². The molecule has 19 heavy (non-hydrogen) atoms. The highest BCUT2D eigenvalue weighted by Crippen LogP contribution is 2.35. The van der Waals surface area contributed by atoms with Gasteiger partial charge in [0.1, 0.15) is 17.3 Å². The smallest absolute Gasteiger partial charge is 0.149 e. The van der Waals surface area contributed by atoms with Gasteiger partial charge in [-0.15, -0.1) is 0 Å². The quantitative estimate of drug-likeness (QED) is 0.822. The van der Waals surface area contributed by atoms with Crippen molar-refractivity contribution in [1.29, 1.82) is 0 Å². The number of nitrogens with two attached hydrogens (primary N) is 1. The van der Waals surface area contributed by atoms with Gasteiger partial charge in [-0.2, -0.15) is 0 Å². The number of rotatable bonds is 7. The normalized spacial score (nSPS) is 14.7. The van der Waals surface area contributed by atoms with Gasteiger partial charge in [0.2, 0.25) is 0 Å². The molecular formula is C15H22F2N2. The predicted molar refractivity (Wildman–Crippen MR) is 74.4 cm³/mol. The summed E-state index contributed by atoms with van der Waals surface area (Å²) in [4.78, 5) is 1.90. The summed E-state index contributed by atoms with van der Waals surface area (Å²) < 4.78 is 28.4. The second-order valence-corrected chi connectivity index (χ2v) is 5.22. The molecule has 0 radical (unpaired) electrons. The first kappa shape index (κ1) is 14.3. The molecule has 0 heterocycles. The Morgan fingerprint density at radius 2 is 1.89 bits per heavy atom. The zero-order chi connectivity index (χ0) is 13.8. The Morgan fingerprint density at radius 3 is 2.37 bits per heavy atom. The maximum atomic E-state index is 14.2. The fourth-order valence-corrected chi connectivity index (χ4v) is 2.40. The minimum atomic E-state index is -0.452. The molecule has 106 valence electrons. The standard InChI is InChI=1S/C15H22F2N2/c1-2-3-8-19(12-4-5-12)15-13(16)9-11(6-7-18)10-14(15)17/h9-10,12H,2-8,18H2,1H3. The number of anilines is 1. The molecular weight excluding hydrogens is 246 g/mol. The molecule has 1 aliphatic carbocycles. The molecule has 1 saturated carbocycles. The summed E-state index contributed by atoms with van der Waals surface area (Å²) in [6.07, 6.45) is 4.56. The van der Waals surface area contributed by atoms with Gasteiger partial charge in [0.05, 0.1) is 0 Å². The van der Waals surface area contributed by atoms with E-state index in [2.05, 4.69) is 6.92 Å². The van der Waals surface area contributed by atoms with Gasteiger partial charge in [0, 0.05) is 12.6 Å². The van der Waals surface area contributed by atoms with E-state index in [0.717, 1.165) is 32.2 Å². The summed E-state index contributed by atoms with van der Waals surface area (Å²) in [5, 5.41) is 0. The van der Waals surface area contributed by atoms with Crippen molar-refractivity contribution in [3.05, 3.63) is 29.3 Å². The highest BCUT2D eigenvalue weighted by molar-refractivity contribution is 5.52. The van der Waals surface area contributed by atoms with E-state index in [1.165, 1.54) is 12.1 Å². The second kappa shape index (κ2) is 6.33. The molecule has 2 nitrogen and oxygen atoms in total. The summed E-state index contributed by atoms with van der Waals surface area (Å²) in [6.45, 7) is 3.22. The second-order valence-electron chi connectivity index (χ2n) is 5.22. The van der Waals surface area contributed by atoms with E-state index in [9.17, 15) is 8.78 Å². The maximum absolute atomic E-state index is 14.2. The fraction of sp³-hybridized carbons (Fsp3) is 0.600. The monoisotopic (exact) mass is 268 g/mol. The lowest BCUT2D eigenvalue weighted by molar-refractivity contribution is 0.561. The lowest BCUT2D eigenvalue weighted by atomic mass is 10.1. The summed E-state index contributed by atoms with van der Waals surface area (Å²) in [5.74, 6) is -0.905. The van der Waals surface area contributed by atoms with Crippen LogP contribution in [0.1, 0.15) is 38.2 Å². The lowest BCUT2D eigenvalue weighted by Gasteiger charge is -2.26. The van der Waals surface area contributed by atoms with E-state index in [-0.39, 0.29) is 5.69 Å². The van der Waals surface area contributed by atoms with Crippen LogP contribution >= 0.6 is 0 Å². The molecule has 0 bridgehead atoms. The Bertz CT molecular complexity index is 407. The van der Waals surface area contributed by atoms with Gasteiger partial charge in [0.15, 0.2) is 0 Å². The van der Waals surface area contributed by atoms with Crippen molar-refractivity contribution in [2.45, 2.75) is 45.1 Å². The van der Waals surface area contributed by atoms with Crippen LogP contribution in [0.25, 0.3) is 0 Å². The molecule has 1 aliphatic rings. The molecule has 2 rings (SSSR count). The molecule has 1 aromatic carbocycles. The summed E-state index contributed by atoms with van der Waals surface area (Å²) in [7, 11) is 0. The van der Waals surface area contributed by atoms with Crippen molar-refractivity contribution in [1.82, 2.24) is 0 Å². The minimum Gasteiger partial charge on any atom is -0.364 e. The van der Waals surface area contributed by atoms with Crippen LogP contribution in [0.4, 0.5) is 14.5 Å². The highest BCUT2D eigenvalue weighted by Gasteiger charge is 2.32. The van der Waals surface area contributed by atoms with Gasteiger partial charge in [-0.1, -0.05) is 13.3 Å². The molecule has 2 N–H and O–H groups in total. The summed E-state index contributed by atoms with van der Waals surface area (Å²) in [6, 6.07) is 3.16. The number of halogens is 2. The van der Waals surface area contributed by atoms with E-state index < -0.39 is 11.6 Å². The predicted octanol–water partition coefficient (Wildman–Crippen LogP) is 3.23. The molecule has 0 aliphatic heterocycles. The van der Waals surface area contributed by atoms with Gasteiger partial charge < -0.3 is 10.6 Å². The number of unbranched alkanes of at least 4 members (excludes halogenated alkanes) is 1. The Hall–Kier alpha value is -1.16. The van der Waals surface area contributed by atoms with Gasteiger partial charge in [-0.05, 0) is 49.9 Å². The van der Waals surface area contributed by atoms with Gasteiger partial charge >= 0.3 is 0 Å². The molecule has 0 saturated heterocycles. The molecule has 1 fully saturated rings. The zero-order valence-corrected chi connectivity index (χ0v) is 11.5. The first-order chi connectivity index (χ1) is 9.17. The van der Waals surface area contributed by atoms with Crippen molar-refractivity contribution in [2.75, 3.05) is 18.0 Å². The average molecular weight is 268 g/mol. The third-order valence-corrected chi connectivity index (χ3v) is 3.54. The summed E-state index contributed by atoms with van der Waals surface area (Å²) >= 11 is 0. The van der Waals surface area contributed by atoms with Crippen LogP contribution in [0.15, 0.2) is 12.1 Å². The van der Waals surface area contributed by atoms with Crippen LogP contribution in [0, 0.1) is 11.6 Å². The lowest BCUT2D eigenvalue weighted by Crippen LogP contribution is -2.29. The SMILES string of the molecule is CCCCN(c1c(F)cc(CCN)cc1F)C1CC1. The van der Waals surface area contributed by atoms with E-state index in [0.29, 0.717) is 24.6 Å².